The van der Waals surface area contributed by atoms with E-state index in [2.05, 4.69) is 6.92 Å². The summed E-state index contributed by atoms with van der Waals surface area (Å²) < 4.78 is 85.4. The number of benzene rings is 1. The Bertz CT molecular complexity index is 527. The van der Waals surface area contributed by atoms with Crippen LogP contribution in [-0.4, -0.2) is 26.1 Å². The average molecular weight is 364 g/mol. The first kappa shape index (κ1) is 19.7. The Balaban J connectivity index is 3.18. The Morgan fingerprint density at radius 1 is 1.17 bits per heavy atom. The summed E-state index contributed by atoms with van der Waals surface area (Å²) in [6.45, 7) is 2.49. The van der Waals surface area contributed by atoms with Crippen LogP contribution in [0.15, 0.2) is 12.1 Å². The van der Waals surface area contributed by atoms with E-state index in [0.29, 0.717) is 0 Å². The van der Waals surface area contributed by atoms with Crippen molar-refractivity contribution in [3.63, 3.8) is 0 Å². The molecule has 0 heterocycles. The fraction of sp³-hybridized carbons (Fsp3) is 0.500. The van der Waals surface area contributed by atoms with E-state index in [1.807, 2.05) is 0 Å². The molecule has 0 N–H and O–H groups in total. The molecule has 0 saturated heterocycles. The monoisotopic (exact) mass is 363 g/mol. The molecule has 0 spiro atoms. The largest absolute Gasteiger partial charge is 0.493 e. The van der Waals surface area contributed by atoms with Gasteiger partial charge in [-0.1, -0.05) is 18.5 Å². The van der Waals surface area contributed by atoms with Crippen molar-refractivity contribution < 1.29 is 35.8 Å². The quantitative estimate of drug-likeness (QED) is 0.617. The van der Waals surface area contributed by atoms with Crippen molar-refractivity contribution in [2.24, 2.45) is 0 Å². The molecule has 0 amide bonds. The van der Waals surface area contributed by atoms with Gasteiger partial charge in [0.1, 0.15) is 0 Å². The maximum absolute atomic E-state index is 13.1. The van der Waals surface area contributed by atoms with Crippen LogP contribution >= 0.6 is 11.6 Å². The molecule has 1 atom stereocenters. The Kier molecular flexibility index (Phi) is 6.44. The van der Waals surface area contributed by atoms with Crippen LogP contribution in [-0.2, 0) is 0 Å². The number of ether oxygens (including phenoxy) is 2. The number of hydrogen-bond donors (Lipinski definition) is 0. The van der Waals surface area contributed by atoms with Crippen LogP contribution in [0.25, 0.3) is 0 Å². The van der Waals surface area contributed by atoms with Crippen molar-refractivity contribution in [2.75, 3.05) is 13.7 Å². The topological polar surface area (TPSA) is 18.5 Å². The average Bonchev–Trinajstić information content (AvgIpc) is 2.36. The van der Waals surface area contributed by atoms with Gasteiger partial charge in [-0.2, -0.15) is 26.3 Å². The van der Waals surface area contributed by atoms with Crippen molar-refractivity contribution in [2.45, 2.75) is 31.1 Å². The maximum Gasteiger partial charge on any atom is 0.395 e. The number of rotatable bonds is 6. The van der Waals surface area contributed by atoms with Crippen molar-refractivity contribution in [1.82, 2.24) is 0 Å². The molecule has 1 unspecified atom stereocenters. The second kappa shape index (κ2) is 7.51. The van der Waals surface area contributed by atoms with Gasteiger partial charge >= 0.3 is 12.4 Å². The summed E-state index contributed by atoms with van der Waals surface area (Å²) in [5.41, 5.74) is -0.329. The second-order valence-electron chi connectivity index (χ2n) is 4.62. The first-order chi connectivity index (χ1) is 10.5. The molecule has 1 rings (SSSR count). The lowest BCUT2D eigenvalue weighted by atomic mass is 9.94. The molecule has 0 aliphatic rings. The SMILES string of the molecule is [CH2]CC(c1cc(Cl)cc(OCCC(F)(F)F)c1OC)C(F)(F)F. The van der Waals surface area contributed by atoms with Crippen LogP contribution in [0.1, 0.15) is 24.3 Å². The minimum Gasteiger partial charge on any atom is -0.493 e. The highest BCUT2D eigenvalue weighted by molar-refractivity contribution is 6.30. The van der Waals surface area contributed by atoms with Gasteiger partial charge in [0.25, 0.3) is 0 Å². The third-order valence-electron chi connectivity index (χ3n) is 2.95. The lowest BCUT2D eigenvalue weighted by Gasteiger charge is -2.23. The lowest BCUT2D eigenvalue weighted by molar-refractivity contribution is -0.150. The first-order valence-corrected chi connectivity index (χ1v) is 6.80. The zero-order chi connectivity index (χ0) is 17.8. The minimum atomic E-state index is -4.61. The highest BCUT2D eigenvalue weighted by atomic mass is 35.5. The van der Waals surface area contributed by atoms with Crippen LogP contribution in [0.2, 0.25) is 5.02 Å². The van der Waals surface area contributed by atoms with E-state index in [9.17, 15) is 26.3 Å². The van der Waals surface area contributed by atoms with E-state index in [1.165, 1.54) is 0 Å². The van der Waals surface area contributed by atoms with E-state index in [0.717, 1.165) is 19.2 Å². The molecule has 9 heteroatoms. The minimum absolute atomic E-state index is 0.106. The van der Waals surface area contributed by atoms with Gasteiger partial charge in [0.15, 0.2) is 11.5 Å². The molecule has 0 aromatic heterocycles. The van der Waals surface area contributed by atoms with E-state index in [-0.39, 0.29) is 22.1 Å². The van der Waals surface area contributed by atoms with E-state index >= 15 is 0 Å². The number of alkyl halides is 6. The Hall–Kier alpha value is -1.31. The summed E-state index contributed by atoms with van der Waals surface area (Å²) in [5, 5.41) is -0.106. The molecule has 2 nitrogen and oxygen atoms in total. The van der Waals surface area contributed by atoms with Gasteiger partial charge in [-0.25, -0.2) is 0 Å². The highest BCUT2D eigenvalue weighted by Gasteiger charge is 2.41. The van der Waals surface area contributed by atoms with Crippen molar-refractivity contribution in [3.05, 3.63) is 29.6 Å². The van der Waals surface area contributed by atoms with E-state index in [1.54, 1.807) is 0 Å². The van der Waals surface area contributed by atoms with Crippen molar-refractivity contribution in [1.29, 1.82) is 0 Å². The molecule has 1 aromatic carbocycles. The van der Waals surface area contributed by atoms with Gasteiger partial charge < -0.3 is 9.47 Å². The fourth-order valence-electron chi connectivity index (χ4n) is 1.95. The summed E-state index contributed by atoms with van der Waals surface area (Å²) in [7, 11) is 1.10. The van der Waals surface area contributed by atoms with Crippen LogP contribution in [0, 0.1) is 6.92 Å². The molecular weight excluding hydrogens is 350 g/mol. The normalized spacial score (nSPS) is 13.8. The van der Waals surface area contributed by atoms with Crippen LogP contribution in [0.5, 0.6) is 11.5 Å². The molecule has 1 aromatic rings. The lowest BCUT2D eigenvalue weighted by Crippen LogP contribution is -2.21. The second-order valence-corrected chi connectivity index (χ2v) is 5.06. The predicted octanol–water partition coefficient (Wildman–Crippen LogP) is 5.55. The van der Waals surface area contributed by atoms with Crippen LogP contribution in [0.3, 0.4) is 0 Å². The maximum atomic E-state index is 13.1. The molecule has 0 bridgehead atoms. The van der Waals surface area contributed by atoms with Crippen molar-refractivity contribution in [3.8, 4) is 11.5 Å². The fourth-order valence-corrected chi connectivity index (χ4v) is 2.16. The summed E-state index contributed by atoms with van der Waals surface area (Å²) in [5.74, 6) is -2.55. The number of hydrogen-bond acceptors (Lipinski definition) is 2. The predicted molar refractivity (Wildman–Crippen MR) is 72.9 cm³/mol. The number of methoxy groups -OCH3 is 1. The van der Waals surface area contributed by atoms with E-state index < -0.39 is 37.7 Å². The molecular formula is C14H14ClF6O2. The van der Waals surface area contributed by atoms with Gasteiger partial charge in [0.05, 0.1) is 26.1 Å². The van der Waals surface area contributed by atoms with Gasteiger partial charge in [-0.3, -0.25) is 0 Å². The molecule has 0 saturated carbocycles. The summed E-state index contributed by atoms with van der Waals surface area (Å²) in [4.78, 5) is 0. The molecule has 0 aliphatic heterocycles. The molecule has 23 heavy (non-hydrogen) atoms. The molecule has 1 radical (unpaired) electrons. The zero-order valence-corrected chi connectivity index (χ0v) is 12.8. The van der Waals surface area contributed by atoms with Gasteiger partial charge in [-0.15, -0.1) is 0 Å². The van der Waals surface area contributed by atoms with Crippen LogP contribution < -0.4 is 9.47 Å². The van der Waals surface area contributed by atoms with E-state index in [4.69, 9.17) is 21.1 Å². The number of halogens is 7. The Labute approximate surface area is 134 Å². The van der Waals surface area contributed by atoms with Gasteiger partial charge in [0.2, 0.25) is 0 Å². The third-order valence-corrected chi connectivity index (χ3v) is 3.17. The summed E-state index contributed by atoms with van der Waals surface area (Å²) in [6, 6.07) is 2.15. The Morgan fingerprint density at radius 3 is 2.22 bits per heavy atom. The smallest absolute Gasteiger partial charge is 0.395 e. The zero-order valence-electron chi connectivity index (χ0n) is 12.0. The highest BCUT2D eigenvalue weighted by Crippen LogP contribution is 2.46. The Morgan fingerprint density at radius 2 is 1.78 bits per heavy atom. The molecule has 0 aliphatic carbocycles. The summed E-state index contributed by atoms with van der Waals surface area (Å²) >= 11 is 5.75. The van der Waals surface area contributed by atoms with Gasteiger partial charge in [-0.05, 0) is 12.5 Å². The molecule has 0 fully saturated rings. The van der Waals surface area contributed by atoms with Crippen molar-refractivity contribution >= 4 is 11.6 Å². The summed E-state index contributed by atoms with van der Waals surface area (Å²) in [6.07, 6.45) is -10.8. The molecule has 131 valence electrons. The third kappa shape index (κ3) is 5.67. The van der Waals surface area contributed by atoms with Crippen LogP contribution in [0.4, 0.5) is 26.3 Å². The first-order valence-electron chi connectivity index (χ1n) is 6.42. The van der Waals surface area contributed by atoms with Gasteiger partial charge in [0, 0.05) is 16.7 Å². The standard InChI is InChI=1S/C14H14ClF6O2/c1-3-10(14(19,20)21)9-6-8(15)7-11(12(9)22-2)23-5-4-13(16,17)18/h6-7,10H,1,3-5H2,2H3.